The Labute approximate surface area is 100 Å². The van der Waals surface area contributed by atoms with Crippen molar-refractivity contribution in [2.45, 2.75) is 6.42 Å². The van der Waals surface area contributed by atoms with Crippen molar-refractivity contribution in [3.05, 3.63) is 59.2 Å². The van der Waals surface area contributed by atoms with Gasteiger partial charge in [-0.1, -0.05) is 18.2 Å². The maximum Gasteiger partial charge on any atom is 0.0991 e. The Morgan fingerprint density at radius 2 is 1.53 bits per heavy atom. The zero-order valence-corrected chi connectivity index (χ0v) is 9.35. The third-order valence-corrected chi connectivity index (χ3v) is 2.64. The van der Waals surface area contributed by atoms with E-state index in [1.807, 2.05) is 42.5 Å². The predicted molar refractivity (Wildman–Crippen MR) is 69.2 cm³/mol. The van der Waals surface area contributed by atoms with E-state index in [-0.39, 0.29) is 0 Å². The molecule has 0 aromatic heterocycles. The molecule has 0 atom stereocenters. The Morgan fingerprint density at radius 3 is 2.12 bits per heavy atom. The van der Waals surface area contributed by atoms with E-state index in [1.165, 1.54) is 0 Å². The minimum absolute atomic E-state index is 0.605. The second-order valence-corrected chi connectivity index (χ2v) is 3.95. The topological polar surface area (TPSA) is 75.8 Å². The first-order valence-corrected chi connectivity index (χ1v) is 5.32. The summed E-state index contributed by atoms with van der Waals surface area (Å²) < 4.78 is 0. The normalized spacial score (nSPS) is 9.82. The van der Waals surface area contributed by atoms with E-state index in [9.17, 15) is 0 Å². The van der Waals surface area contributed by atoms with Gasteiger partial charge >= 0.3 is 0 Å². The number of nitrogen functional groups attached to an aromatic ring is 2. The van der Waals surface area contributed by atoms with Crippen LogP contribution in [-0.4, -0.2) is 0 Å². The molecule has 0 saturated heterocycles. The average Bonchev–Trinajstić information content (AvgIpc) is 2.35. The molecule has 2 rings (SSSR count). The molecule has 84 valence electrons. The third-order valence-electron chi connectivity index (χ3n) is 2.64. The van der Waals surface area contributed by atoms with Gasteiger partial charge in [-0.3, -0.25) is 0 Å². The fourth-order valence-electron chi connectivity index (χ4n) is 1.67. The van der Waals surface area contributed by atoms with Crippen molar-refractivity contribution in [3.8, 4) is 6.07 Å². The molecule has 0 aliphatic heterocycles. The molecule has 0 saturated carbocycles. The maximum atomic E-state index is 8.70. The molecule has 0 bridgehead atoms. The summed E-state index contributed by atoms with van der Waals surface area (Å²) >= 11 is 0. The molecule has 0 heterocycles. The van der Waals surface area contributed by atoms with Gasteiger partial charge in [0.2, 0.25) is 0 Å². The van der Waals surface area contributed by atoms with Crippen LogP contribution in [0.3, 0.4) is 0 Å². The van der Waals surface area contributed by atoms with Crippen LogP contribution in [0.4, 0.5) is 11.4 Å². The highest BCUT2D eigenvalue weighted by molar-refractivity contribution is 5.64. The van der Waals surface area contributed by atoms with Crippen molar-refractivity contribution in [2.75, 3.05) is 11.5 Å². The maximum absolute atomic E-state index is 8.70. The Balaban J connectivity index is 2.20. The van der Waals surface area contributed by atoms with E-state index in [1.54, 1.807) is 0 Å². The molecule has 0 amide bonds. The van der Waals surface area contributed by atoms with Crippen LogP contribution in [0.2, 0.25) is 0 Å². The quantitative estimate of drug-likeness (QED) is 0.767. The number of rotatable bonds is 2. The summed E-state index contributed by atoms with van der Waals surface area (Å²) in [5.41, 5.74) is 15.6. The Bertz CT molecular complexity index is 565. The van der Waals surface area contributed by atoms with Crippen molar-refractivity contribution >= 4 is 11.4 Å². The van der Waals surface area contributed by atoms with Crippen molar-refractivity contribution in [2.24, 2.45) is 0 Å². The van der Waals surface area contributed by atoms with Crippen LogP contribution in [0.5, 0.6) is 0 Å². The first-order valence-electron chi connectivity index (χ1n) is 5.32. The Kier molecular flexibility index (Phi) is 2.97. The van der Waals surface area contributed by atoms with E-state index in [4.69, 9.17) is 16.7 Å². The molecule has 17 heavy (non-hydrogen) atoms. The van der Waals surface area contributed by atoms with Gasteiger partial charge in [0.1, 0.15) is 0 Å². The lowest BCUT2D eigenvalue weighted by molar-refractivity contribution is 1.19. The Morgan fingerprint density at radius 1 is 0.882 bits per heavy atom. The molecule has 2 aromatic rings. The van der Waals surface area contributed by atoms with Gasteiger partial charge in [-0.2, -0.15) is 5.26 Å². The first-order chi connectivity index (χ1) is 8.19. The highest BCUT2D eigenvalue weighted by atomic mass is 14.7. The molecule has 4 N–H and O–H groups in total. The predicted octanol–water partition coefficient (Wildman–Crippen LogP) is 2.31. The van der Waals surface area contributed by atoms with Crippen LogP contribution in [-0.2, 0) is 6.42 Å². The Hall–Kier alpha value is -2.47. The lowest BCUT2D eigenvalue weighted by atomic mass is 10.0. The molecule has 3 nitrogen and oxygen atoms in total. The summed E-state index contributed by atoms with van der Waals surface area (Å²) in [7, 11) is 0. The minimum atomic E-state index is 0.605. The molecule has 0 radical (unpaired) electrons. The van der Waals surface area contributed by atoms with Gasteiger partial charge in [-0.05, 0) is 41.8 Å². The zero-order chi connectivity index (χ0) is 12.3. The molecule has 0 unspecified atom stereocenters. The number of nitriles is 1. The lowest BCUT2D eigenvalue weighted by Crippen LogP contribution is -1.96. The third kappa shape index (κ3) is 2.56. The second-order valence-electron chi connectivity index (χ2n) is 3.95. The van der Waals surface area contributed by atoms with Crippen LogP contribution >= 0.6 is 0 Å². The van der Waals surface area contributed by atoms with Gasteiger partial charge in [0, 0.05) is 0 Å². The van der Waals surface area contributed by atoms with E-state index >= 15 is 0 Å². The van der Waals surface area contributed by atoms with Crippen molar-refractivity contribution in [1.82, 2.24) is 0 Å². The number of hydrogen-bond acceptors (Lipinski definition) is 3. The van der Waals surface area contributed by atoms with Crippen molar-refractivity contribution in [3.63, 3.8) is 0 Å². The minimum Gasteiger partial charge on any atom is -0.397 e. The van der Waals surface area contributed by atoms with Crippen molar-refractivity contribution < 1.29 is 0 Å². The van der Waals surface area contributed by atoms with Gasteiger partial charge in [-0.15, -0.1) is 0 Å². The van der Waals surface area contributed by atoms with Gasteiger partial charge in [-0.25, -0.2) is 0 Å². The van der Waals surface area contributed by atoms with E-state index in [2.05, 4.69) is 6.07 Å². The average molecular weight is 223 g/mol. The number of benzene rings is 2. The standard InChI is InChI=1S/C14H13N3/c15-9-11-3-1-10(2-4-11)7-12-5-6-13(16)14(17)8-12/h1-6,8H,7,16-17H2. The summed E-state index contributed by atoms with van der Waals surface area (Å²) in [6.45, 7) is 0. The molecular weight excluding hydrogens is 210 g/mol. The van der Waals surface area contributed by atoms with Crippen LogP contribution in [0.1, 0.15) is 16.7 Å². The molecule has 0 fully saturated rings. The lowest BCUT2D eigenvalue weighted by Gasteiger charge is -2.05. The zero-order valence-electron chi connectivity index (χ0n) is 9.35. The highest BCUT2D eigenvalue weighted by Crippen LogP contribution is 2.18. The highest BCUT2D eigenvalue weighted by Gasteiger charge is 2.00. The van der Waals surface area contributed by atoms with E-state index in [0.29, 0.717) is 16.9 Å². The van der Waals surface area contributed by atoms with Gasteiger partial charge < -0.3 is 11.5 Å². The summed E-state index contributed by atoms with van der Waals surface area (Å²) in [5, 5.41) is 8.70. The van der Waals surface area contributed by atoms with Crippen LogP contribution in [0.15, 0.2) is 42.5 Å². The first kappa shape index (κ1) is 11.0. The molecular formula is C14H13N3. The van der Waals surface area contributed by atoms with Gasteiger partial charge in [0.05, 0.1) is 23.0 Å². The van der Waals surface area contributed by atoms with E-state index < -0.39 is 0 Å². The second kappa shape index (κ2) is 4.58. The fourth-order valence-corrected chi connectivity index (χ4v) is 1.67. The molecule has 3 heteroatoms. The fraction of sp³-hybridized carbons (Fsp3) is 0.0714. The smallest absolute Gasteiger partial charge is 0.0991 e. The number of nitrogens with two attached hydrogens (primary N) is 2. The molecule has 0 spiro atoms. The number of anilines is 2. The number of nitrogens with zero attached hydrogens (tertiary/aromatic N) is 1. The SMILES string of the molecule is N#Cc1ccc(Cc2ccc(N)c(N)c2)cc1. The van der Waals surface area contributed by atoms with E-state index in [0.717, 1.165) is 17.5 Å². The van der Waals surface area contributed by atoms with Crippen LogP contribution in [0.25, 0.3) is 0 Å². The summed E-state index contributed by atoms with van der Waals surface area (Å²) in [6.07, 6.45) is 0.788. The van der Waals surface area contributed by atoms with Gasteiger partial charge in [0.15, 0.2) is 0 Å². The van der Waals surface area contributed by atoms with Gasteiger partial charge in [0.25, 0.3) is 0 Å². The molecule has 0 aliphatic carbocycles. The summed E-state index contributed by atoms with van der Waals surface area (Å²) in [6, 6.07) is 15.3. The molecule has 2 aromatic carbocycles. The summed E-state index contributed by atoms with van der Waals surface area (Å²) in [4.78, 5) is 0. The van der Waals surface area contributed by atoms with Crippen LogP contribution < -0.4 is 11.5 Å². The van der Waals surface area contributed by atoms with Crippen molar-refractivity contribution in [1.29, 1.82) is 5.26 Å². The monoisotopic (exact) mass is 223 g/mol. The summed E-state index contributed by atoms with van der Waals surface area (Å²) in [5.74, 6) is 0. The molecule has 0 aliphatic rings. The van der Waals surface area contributed by atoms with Crippen LogP contribution in [0, 0.1) is 11.3 Å². The largest absolute Gasteiger partial charge is 0.397 e. The number of hydrogen-bond donors (Lipinski definition) is 2.